The van der Waals surface area contributed by atoms with Crippen LogP contribution in [0.1, 0.15) is 17.2 Å². The zero-order valence-corrected chi connectivity index (χ0v) is 10.1. The SMILES string of the molecule is Nc1ccc(Cl)cc1[C@H](O)Cc1ccccc1. The topological polar surface area (TPSA) is 46.2 Å². The fraction of sp³-hybridized carbons (Fsp3) is 0.143. The predicted molar refractivity (Wildman–Crippen MR) is 71.0 cm³/mol. The van der Waals surface area contributed by atoms with E-state index in [0.29, 0.717) is 22.7 Å². The van der Waals surface area contributed by atoms with Gasteiger partial charge < -0.3 is 10.8 Å². The molecule has 0 radical (unpaired) electrons. The zero-order chi connectivity index (χ0) is 12.3. The minimum atomic E-state index is -0.629. The van der Waals surface area contributed by atoms with Crippen LogP contribution in [0.25, 0.3) is 0 Å². The lowest BCUT2D eigenvalue weighted by Crippen LogP contribution is -2.05. The molecule has 0 aliphatic carbocycles. The van der Waals surface area contributed by atoms with Crippen LogP contribution >= 0.6 is 11.6 Å². The van der Waals surface area contributed by atoms with Crippen LogP contribution in [-0.2, 0) is 6.42 Å². The second-order valence-electron chi connectivity index (χ2n) is 3.98. The zero-order valence-electron chi connectivity index (χ0n) is 9.31. The highest BCUT2D eigenvalue weighted by Crippen LogP contribution is 2.26. The summed E-state index contributed by atoms with van der Waals surface area (Å²) in [6.45, 7) is 0. The smallest absolute Gasteiger partial charge is 0.0850 e. The van der Waals surface area contributed by atoms with Gasteiger partial charge >= 0.3 is 0 Å². The fourth-order valence-electron chi connectivity index (χ4n) is 1.78. The van der Waals surface area contributed by atoms with E-state index >= 15 is 0 Å². The third-order valence-electron chi connectivity index (χ3n) is 2.68. The molecule has 0 fully saturated rings. The first-order chi connectivity index (χ1) is 8.16. The van der Waals surface area contributed by atoms with Gasteiger partial charge in [-0.05, 0) is 23.8 Å². The molecule has 88 valence electrons. The van der Waals surface area contributed by atoms with E-state index < -0.39 is 6.10 Å². The first-order valence-electron chi connectivity index (χ1n) is 5.44. The first-order valence-corrected chi connectivity index (χ1v) is 5.81. The fourth-order valence-corrected chi connectivity index (χ4v) is 1.96. The molecule has 0 saturated carbocycles. The molecule has 0 aliphatic heterocycles. The Bertz CT molecular complexity index is 499. The average Bonchev–Trinajstić information content (AvgIpc) is 2.33. The predicted octanol–water partition coefficient (Wildman–Crippen LogP) is 3.20. The number of aliphatic hydroxyl groups excluding tert-OH is 1. The van der Waals surface area contributed by atoms with Gasteiger partial charge in [0.25, 0.3) is 0 Å². The molecule has 0 aliphatic rings. The number of hydrogen-bond donors (Lipinski definition) is 2. The van der Waals surface area contributed by atoms with Gasteiger partial charge in [-0.2, -0.15) is 0 Å². The van der Waals surface area contributed by atoms with E-state index in [1.54, 1.807) is 18.2 Å². The van der Waals surface area contributed by atoms with Gasteiger partial charge in [0.05, 0.1) is 6.10 Å². The van der Waals surface area contributed by atoms with Crippen LogP contribution in [0.5, 0.6) is 0 Å². The Kier molecular flexibility index (Phi) is 3.67. The highest BCUT2D eigenvalue weighted by atomic mass is 35.5. The maximum atomic E-state index is 10.1. The number of nitrogens with two attached hydrogens (primary N) is 1. The van der Waals surface area contributed by atoms with Crippen LogP contribution in [0.2, 0.25) is 5.02 Å². The van der Waals surface area contributed by atoms with Crippen molar-refractivity contribution in [1.82, 2.24) is 0 Å². The number of rotatable bonds is 3. The molecule has 0 unspecified atom stereocenters. The molecular weight excluding hydrogens is 234 g/mol. The molecule has 2 aromatic rings. The molecule has 2 nitrogen and oxygen atoms in total. The Hall–Kier alpha value is -1.51. The maximum absolute atomic E-state index is 10.1. The molecule has 3 N–H and O–H groups in total. The van der Waals surface area contributed by atoms with Gasteiger partial charge in [0.2, 0.25) is 0 Å². The van der Waals surface area contributed by atoms with Crippen LogP contribution in [0, 0.1) is 0 Å². The van der Waals surface area contributed by atoms with Gasteiger partial charge in [-0.3, -0.25) is 0 Å². The maximum Gasteiger partial charge on any atom is 0.0850 e. The second-order valence-corrected chi connectivity index (χ2v) is 4.42. The molecule has 17 heavy (non-hydrogen) atoms. The number of aliphatic hydroxyl groups is 1. The van der Waals surface area contributed by atoms with Crippen molar-refractivity contribution in [3.8, 4) is 0 Å². The molecule has 2 aromatic carbocycles. The van der Waals surface area contributed by atoms with Crippen molar-refractivity contribution in [1.29, 1.82) is 0 Å². The molecule has 0 heterocycles. The monoisotopic (exact) mass is 247 g/mol. The quantitative estimate of drug-likeness (QED) is 0.819. The van der Waals surface area contributed by atoms with Crippen LogP contribution in [0.4, 0.5) is 5.69 Å². The summed E-state index contributed by atoms with van der Waals surface area (Å²) in [5.74, 6) is 0. The van der Waals surface area contributed by atoms with Crippen molar-refractivity contribution in [2.75, 3.05) is 5.73 Å². The highest BCUT2D eigenvalue weighted by Gasteiger charge is 2.12. The molecule has 3 heteroatoms. The lowest BCUT2D eigenvalue weighted by Gasteiger charge is -2.13. The number of anilines is 1. The molecule has 0 aromatic heterocycles. The number of hydrogen-bond acceptors (Lipinski definition) is 2. The van der Waals surface area contributed by atoms with E-state index in [0.717, 1.165) is 5.56 Å². The van der Waals surface area contributed by atoms with Gasteiger partial charge in [0.1, 0.15) is 0 Å². The first kappa shape index (κ1) is 12.0. The van der Waals surface area contributed by atoms with Gasteiger partial charge in [-0.25, -0.2) is 0 Å². The van der Waals surface area contributed by atoms with Crippen molar-refractivity contribution in [3.63, 3.8) is 0 Å². The highest BCUT2D eigenvalue weighted by molar-refractivity contribution is 6.30. The Labute approximate surface area is 106 Å². The van der Waals surface area contributed by atoms with Gasteiger partial charge in [0, 0.05) is 22.7 Å². The van der Waals surface area contributed by atoms with Crippen molar-refractivity contribution in [2.24, 2.45) is 0 Å². The molecule has 0 amide bonds. The molecule has 0 spiro atoms. The summed E-state index contributed by atoms with van der Waals surface area (Å²) in [6, 6.07) is 14.9. The lowest BCUT2D eigenvalue weighted by atomic mass is 10.0. The van der Waals surface area contributed by atoms with Crippen LogP contribution in [0.3, 0.4) is 0 Å². The average molecular weight is 248 g/mol. The van der Waals surface area contributed by atoms with Gasteiger partial charge in [0.15, 0.2) is 0 Å². The Balaban J connectivity index is 2.20. The standard InChI is InChI=1S/C14H14ClNO/c15-11-6-7-13(16)12(9-11)14(17)8-10-4-2-1-3-5-10/h1-7,9,14,17H,8,16H2/t14-/m1/s1. The minimum Gasteiger partial charge on any atom is -0.398 e. The molecule has 0 bridgehead atoms. The molecule has 0 saturated heterocycles. The summed E-state index contributed by atoms with van der Waals surface area (Å²) in [5.41, 5.74) is 8.14. The third kappa shape index (κ3) is 2.99. The summed E-state index contributed by atoms with van der Waals surface area (Å²) in [7, 11) is 0. The summed E-state index contributed by atoms with van der Waals surface area (Å²) in [6.07, 6.45) is -0.0955. The van der Waals surface area contributed by atoms with E-state index in [1.165, 1.54) is 0 Å². The van der Waals surface area contributed by atoms with Crippen molar-refractivity contribution < 1.29 is 5.11 Å². The van der Waals surface area contributed by atoms with Crippen molar-refractivity contribution in [2.45, 2.75) is 12.5 Å². The van der Waals surface area contributed by atoms with Crippen molar-refractivity contribution in [3.05, 3.63) is 64.7 Å². The summed E-state index contributed by atoms with van der Waals surface area (Å²) >= 11 is 5.90. The lowest BCUT2D eigenvalue weighted by molar-refractivity contribution is 0.179. The summed E-state index contributed by atoms with van der Waals surface area (Å²) in [4.78, 5) is 0. The molecular formula is C14H14ClNO. The van der Waals surface area contributed by atoms with E-state index in [9.17, 15) is 5.11 Å². The number of halogens is 1. The van der Waals surface area contributed by atoms with E-state index in [4.69, 9.17) is 17.3 Å². The number of nitrogen functional groups attached to an aromatic ring is 1. The Morgan fingerprint density at radius 3 is 2.53 bits per heavy atom. The van der Waals surface area contributed by atoms with E-state index in [-0.39, 0.29) is 0 Å². The normalized spacial score (nSPS) is 12.4. The Morgan fingerprint density at radius 2 is 1.82 bits per heavy atom. The second kappa shape index (κ2) is 5.21. The van der Waals surface area contributed by atoms with Crippen LogP contribution in [0.15, 0.2) is 48.5 Å². The largest absolute Gasteiger partial charge is 0.398 e. The van der Waals surface area contributed by atoms with Gasteiger partial charge in [-0.1, -0.05) is 41.9 Å². The third-order valence-corrected chi connectivity index (χ3v) is 2.91. The summed E-state index contributed by atoms with van der Waals surface area (Å²) < 4.78 is 0. The van der Waals surface area contributed by atoms with E-state index in [2.05, 4.69) is 0 Å². The summed E-state index contributed by atoms with van der Waals surface area (Å²) in [5, 5.41) is 10.7. The van der Waals surface area contributed by atoms with Crippen LogP contribution in [-0.4, -0.2) is 5.11 Å². The van der Waals surface area contributed by atoms with E-state index in [1.807, 2.05) is 30.3 Å². The number of benzene rings is 2. The molecule has 1 atom stereocenters. The molecule has 2 rings (SSSR count). The van der Waals surface area contributed by atoms with Gasteiger partial charge in [-0.15, -0.1) is 0 Å². The minimum absolute atomic E-state index is 0.533. The van der Waals surface area contributed by atoms with Crippen LogP contribution < -0.4 is 5.73 Å². The Morgan fingerprint density at radius 1 is 1.12 bits per heavy atom. The van der Waals surface area contributed by atoms with Crippen molar-refractivity contribution >= 4 is 17.3 Å².